The Morgan fingerprint density at radius 2 is 1.92 bits per heavy atom. The second kappa shape index (κ2) is 7.47. The molecule has 6 atom stereocenters. The van der Waals surface area contributed by atoms with Gasteiger partial charge in [-0.25, -0.2) is 4.79 Å². The zero-order chi connectivity index (χ0) is 19.0. The van der Waals surface area contributed by atoms with Crippen molar-refractivity contribution >= 4 is 5.97 Å². The van der Waals surface area contributed by atoms with Crippen LogP contribution in [0.25, 0.3) is 0 Å². The average Bonchev–Trinajstić information content (AvgIpc) is 2.60. The fourth-order valence-electron chi connectivity index (χ4n) is 3.22. The summed E-state index contributed by atoms with van der Waals surface area (Å²) < 4.78 is 15.9. The van der Waals surface area contributed by atoms with Crippen LogP contribution in [0.15, 0.2) is 12.1 Å². The summed E-state index contributed by atoms with van der Waals surface area (Å²) in [6.45, 7) is 1.10. The molecule has 0 aliphatic carbocycles. The van der Waals surface area contributed by atoms with E-state index < -0.39 is 43.3 Å². The summed E-state index contributed by atoms with van der Waals surface area (Å²) in [7, 11) is 0. The highest BCUT2D eigenvalue weighted by Crippen LogP contribution is 2.32. The lowest BCUT2D eigenvalue weighted by Gasteiger charge is -2.39. The highest BCUT2D eigenvalue weighted by molar-refractivity contribution is 5.95. The topological polar surface area (TPSA) is 146 Å². The normalized spacial score (nSPS) is 34.3. The van der Waals surface area contributed by atoms with E-state index in [2.05, 4.69) is 0 Å². The van der Waals surface area contributed by atoms with Crippen molar-refractivity contribution < 1.29 is 44.5 Å². The minimum atomic E-state index is -1.53. The molecule has 0 saturated carbocycles. The van der Waals surface area contributed by atoms with Crippen LogP contribution in [0.3, 0.4) is 0 Å². The number of aliphatic hydroxyl groups is 4. The molecule has 9 nitrogen and oxygen atoms in total. The fraction of sp³-hybridized carbons (Fsp3) is 0.588. The molecule has 2 aliphatic rings. The average molecular weight is 370 g/mol. The van der Waals surface area contributed by atoms with Crippen molar-refractivity contribution in [2.45, 2.75) is 56.8 Å². The molecule has 0 aromatic heterocycles. The SMILES string of the molecule is C[C@@H]1Cc2c(CO[C@@H]3O[C@@H](CO)[C@@H](O)[C@@H](O)[C@H]3O)ccc(O)c2C(=O)O1. The maximum Gasteiger partial charge on any atom is 0.342 e. The lowest BCUT2D eigenvalue weighted by Crippen LogP contribution is -2.59. The first kappa shape index (κ1) is 19.0. The molecule has 3 rings (SSSR count). The maximum absolute atomic E-state index is 12.0. The Hall–Kier alpha value is -1.75. The second-order valence-corrected chi connectivity index (χ2v) is 6.53. The van der Waals surface area contributed by atoms with Gasteiger partial charge in [-0.1, -0.05) is 6.07 Å². The summed E-state index contributed by atoms with van der Waals surface area (Å²) >= 11 is 0. The smallest absolute Gasteiger partial charge is 0.342 e. The minimum absolute atomic E-state index is 0.0781. The van der Waals surface area contributed by atoms with Crippen molar-refractivity contribution in [3.63, 3.8) is 0 Å². The van der Waals surface area contributed by atoms with Crippen LogP contribution in [-0.4, -0.2) is 74.9 Å². The number of phenols is 1. The summed E-state index contributed by atoms with van der Waals surface area (Å²) in [5.74, 6) is -0.806. The van der Waals surface area contributed by atoms with Gasteiger partial charge in [0.1, 0.15) is 41.8 Å². The fourth-order valence-corrected chi connectivity index (χ4v) is 3.22. The predicted molar refractivity (Wildman–Crippen MR) is 85.2 cm³/mol. The molecule has 2 aliphatic heterocycles. The molecular formula is C17H22O9. The van der Waals surface area contributed by atoms with Crippen LogP contribution in [0.5, 0.6) is 5.75 Å². The molecule has 2 heterocycles. The molecule has 0 radical (unpaired) electrons. The van der Waals surface area contributed by atoms with E-state index in [1.165, 1.54) is 6.07 Å². The Bertz CT molecular complexity index is 674. The minimum Gasteiger partial charge on any atom is -0.507 e. The molecule has 1 aromatic carbocycles. The first-order chi connectivity index (χ1) is 12.3. The molecule has 9 heteroatoms. The van der Waals surface area contributed by atoms with Gasteiger partial charge in [-0.05, 0) is 24.1 Å². The molecule has 1 aromatic rings. The zero-order valence-electron chi connectivity index (χ0n) is 14.1. The van der Waals surface area contributed by atoms with Crippen LogP contribution >= 0.6 is 0 Å². The summed E-state index contributed by atoms with van der Waals surface area (Å²) in [4.78, 5) is 12.0. The van der Waals surface area contributed by atoms with Gasteiger partial charge in [-0.15, -0.1) is 0 Å². The summed E-state index contributed by atoms with van der Waals surface area (Å²) in [5, 5.41) is 48.7. The van der Waals surface area contributed by atoms with Crippen molar-refractivity contribution in [2.75, 3.05) is 6.61 Å². The number of aromatic hydroxyl groups is 1. The van der Waals surface area contributed by atoms with Crippen molar-refractivity contribution in [1.82, 2.24) is 0 Å². The monoisotopic (exact) mass is 370 g/mol. The van der Waals surface area contributed by atoms with Gasteiger partial charge in [0.05, 0.1) is 13.2 Å². The number of benzene rings is 1. The first-order valence-electron chi connectivity index (χ1n) is 8.30. The van der Waals surface area contributed by atoms with Crippen molar-refractivity contribution in [2.24, 2.45) is 0 Å². The van der Waals surface area contributed by atoms with E-state index in [9.17, 15) is 30.3 Å². The predicted octanol–water partition coefficient (Wildman–Crippen LogP) is -1.19. The number of hydrogen-bond acceptors (Lipinski definition) is 9. The van der Waals surface area contributed by atoms with Crippen LogP contribution in [0.1, 0.15) is 28.4 Å². The largest absolute Gasteiger partial charge is 0.507 e. The number of rotatable bonds is 4. The Labute approximate surface area is 149 Å². The molecule has 0 amide bonds. The van der Waals surface area contributed by atoms with Crippen LogP contribution in [-0.2, 0) is 27.2 Å². The van der Waals surface area contributed by atoms with Gasteiger partial charge in [0.15, 0.2) is 6.29 Å². The number of fused-ring (bicyclic) bond motifs is 1. The molecule has 1 fully saturated rings. The van der Waals surface area contributed by atoms with Crippen LogP contribution in [0.4, 0.5) is 0 Å². The van der Waals surface area contributed by atoms with Crippen molar-refractivity contribution in [3.05, 3.63) is 28.8 Å². The Kier molecular flexibility index (Phi) is 5.47. The highest BCUT2D eigenvalue weighted by atomic mass is 16.7. The maximum atomic E-state index is 12.0. The molecule has 144 valence electrons. The molecule has 0 bridgehead atoms. The summed E-state index contributed by atoms with van der Waals surface area (Å²) in [6.07, 6.45) is -6.82. The third-order valence-electron chi connectivity index (χ3n) is 4.64. The Morgan fingerprint density at radius 1 is 1.19 bits per heavy atom. The molecule has 5 N–H and O–H groups in total. The highest BCUT2D eigenvalue weighted by Gasteiger charge is 2.44. The van der Waals surface area contributed by atoms with Crippen molar-refractivity contribution in [1.29, 1.82) is 0 Å². The van der Waals surface area contributed by atoms with Crippen molar-refractivity contribution in [3.8, 4) is 5.75 Å². The number of carbonyl (C=O) groups is 1. The molecule has 0 unspecified atom stereocenters. The molecule has 0 spiro atoms. The van der Waals surface area contributed by atoms with Crippen LogP contribution in [0, 0.1) is 0 Å². The van der Waals surface area contributed by atoms with Crippen LogP contribution < -0.4 is 0 Å². The Morgan fingerprint density at radius 3 is 2.62 bits per heavy atom. The number of cyclic esters (lactones) is 1. The molecular weight excluding hydrogens is 348 g/mol. The third-order valence-corrected chi connectivity index (χ3v) is 4.64. The second-order valence-electron chi connectivity index (χ2n) is 6.53. The van der Waals surface area contributed by atoms with E-state index in [-0.39, 0.29) is 24.0 Å². The van der Waals surface area contributed by atoms with E-state index in [4.69, 9.17) is 14.2 Å². The first-order valence-corrected chi connectivity index (χ1v) is 8.30. The quantitative estimate of drug-likeness (QED) is 0.413. The van der Waals surface area contributed by atoms with Gasteiger partial charge < -0.3 is 39.7 Å². The van der Waals surface area contributed by atoms with E-state index in [0.717, 1.165) is 0 Å². The summed E-state index contributed by atoms with van der Waals surface area (Å²) in [5.41, 5.74) is 1.26. The zero-order valence-corrected chi connectivity index (χ0v) is 14.1. The third kappa shape index (κ3) is 3.41. The van der Waals surface area contributed by atoms with Gasteiger partial charge in [0.25, 0.3) is 0 Å². The number of ether oxygens (including phenoxy) is 3. The van der Waals surface area contributed by atoms with E-state index in [1.54, 1.807) is 13.0 Å². The number of hydrogen-bond donors (Lipinski definition) is 5. The van der Waals surface area contributed by atoms with Gasteiger partial charge in [0, 0.05) is 6.42 Å². The number of phenolic OH excluding ortho intramolecular Hbond substituents is 1. The van der Waals surface area contributed by atoms with Gasteiger partial charge in [-0.3, -0.25) is 0 Å². The van der Waals surface area contributed by atoms with Gasteiger partial charge >= 0.3 is 5.97 Å². The van der Waals surface area contributed by atoms with Crippen LogP contribution in [0.2, 0.25) is 0 Å². The number of aliphatic hydroxyl groups excluding tert-OH is 4. The summed E-state index contributed by atoms with van der Waals surface area (Å²) in [6, 6.07) is 2.94. The molecule has 1 saturated heterocycles. The lowest BCUT2D eigenvalue weighted by molar-refractivity contribution is -0.304. The van der Waals surface area contributed by atoms with E-state index in [1.807, 2.05) is 0 Å². The van der Waals surface area contributed by atoms with E-state index in [0.29, 0.717) is 17.5 Å². The number of carbonyl (C=O) groups excluding carboxylic acids is 1. The van der Waals surface area contributed by atoms with Gasteiger partial charge in [0.2, 0.25) is 0 Å². The van der Waals surface area contributed by atoms with Gasteiger partial charge in [-0.2, -0.15) is 0 Å². The Balaban J connectivity index is 1.78. The molecule has 26 heavy (non-hydrogen) atoms. The van der Waals surface area contributed by atoms with E-state index >= 15 is 0 Å². The lowest BCUT2D eigenvalue weighted by atomic mass is 9.93. The standard InChI is InChI=1S/C17H22O9/c1-7-4-9-8(2-3-10(19)12(9)16(23)25-7)6-24-17-15(22)14(21)13(20)11(5-18)26-17/h2-3,7,11,13-15,17-22H,4-6H2,1H3/t7-,11+,13-,14-,15-,17-/m1/s1. The number of esters is 1.